The average Bonchev–Trinajstić information content (AvgIpc) is 2.99. The van der Waals surface area contributed by atoms with Gasteiger partial charge in [-0.15, -0.1) is 0 Å². The average molecular weight is 368 g/mol. The van der Waals surface area contributed by atoms with Crippen molar-refractivity contribution in [3.05, 3.63) is 70.4 Å². The summed E-state index contributed by atoms with van der Waals surface area (Å²) < 4.78 is 5.84. The maximum absolute atomic E-state index is 12.9. The fourth-order valence-electron chi connectivity index (χ4n) is 3.83. The molecule has 0 radical (unpaired) electrons. The zero-order valence-corrected chi connectivity index (χ0v) is 15.6. The molecule has 1 aliphatic heterocycles. The molecule has 0 N–H and O–H groups in total. The fourth-order valence-corrected chi connectivity index (χ4v) is 4.00. The van der Waals surface area contributed by atoms with Crippen molar-refractivity contribution in [3.63, 3.8) is 0 Å². The molecule has 26 heavy (non-hydrogen) atoms. The fraction of sp³-hybridized carbons (Fsp3) is 0.318. The summed E-state index contributed by atoms with van der Waals surface area (Å²) in [5.74, 6) is 1.08. The van der Waals surface area contributed by atoms with Crippen LogP contribution in [0.5, 0.6) is 0 Å². The van der Waals surface area contributed by atoms with E-state index in [9.17, 15) is 4.79 Å². The molecule has 0 aliphatic carbocycles. The highest BCUT2D eigenvalue weighted by Crippen LogP contribution is 2.30. The normalized spacial score (nSPS) is 15.5. The molecule has 1 saturated heterocycles. The largest absolute Gasteiger partial charge is 0.451 e. The lowest BCUT2D eigenvalue weighted by atomic mass is 9.90. The molecule has 1 aromatic heterocycles. The van der Waals surface area contributed by atoms with Crippen LogP contribution >= 0.6 is 11.6 Å². The Balaban J connectivity index is 1.44. The smallest absolute Gasteiger partial charge is 0.289 e. The number of rotatable bonds is 3. The van der Waals surface area contributed by atoms with Crippen molar-refractivity contribution in [2.24, 2.45) is 5.92 Å². The summed E-state index contributed by atoms with van der Waals surface area (Å²) in [7, 11) is 0. The molecular weight excluding hydrogens is 346 g/mol. The Hall–Kier alpha value is -2.26. The number of halogens is 1. The van der Waals surface area contributed by atoms with Gasteiger partial charge in [-0.3, -0.25) is 4.79 Å². The van der Waals surface area contributed by atoms with Crippen molar-refractivity contribution < 1.29 is 9.21 Å². The molecule has 1 aliphatic rings. The number of likely N-dealkylation sites (tertiary alicyclic amines) is 1. The summed E-state index contributed by atoms with van der Waals surface area (Å²) in [6.07, 6.45) is 3.16. The second-order valence-corrected chi connectivity index (χ2v) is 7.56. The molecule has 3 nitrogen and oxygen atoms in total. The Bertz CT molecular complexity index is 924. The Morgan fingerprint density at radius 2 is 1.88 bits per heavy atom. The first kappa shape index (κ1) is 17.2. The van der Waals surface area contributed by atoms with Crippen molar-refractivity contribution >= 4 is 28.5 Å². The molecule has 4 heteroatoms. The number of hydrogen-bond donors (Lipinski definition) is 0. The molecule has 0 saturated carbocycles. The first-order valence-corrected chi connectivity index (χ1v) is 9.51. The van der Waals surface area contributed by atoms with E-state index in [-0.39, 0.29) is 5.91 Å². The number of aryl methyl sites for hydroxylation is 1. The van der Waals surface area contributed by atoms with Gasteiger partial charge in [0.1, 0.15) is 5.58 Å². The molecular formula is C22H22ClNO2. The minimum Gasteiger partial charge on any atom is -0.451 e. The van der Waals surface area contributed by atoms with Crippen LogP contribution in [-0.2, 0) is 6.42 Å². The maximum Gasteiger partial charge on any atom is 0.289 e. The second kappa shape index (κ2) is 7.16. The van der Waals surface area contributed by atoms with Crippen LogP contribution < -0.4 is 0 Å². The van der Waals surface area contributed by atoms with Gasteiger partial charge in [-0.05, 0) is 55.9 Å². The van der Waals surface area contributed by atoms with E-state index in [0.29, 0.717) is 22.3 Å². The predicted octanol–water partition coefficient (Wildman–Crippen LogP) is 5.49. The minimum atomic E-state index is -0.00650. The summed E-state index contributed by atoms with van der Waals surface area (Å²) in [5, 5.41) is 1.57. The first-order chi connectivity index (χ1) is 12.6. The topological polar surface area (TPSA) is 33.5 Å². The number of furan rings is 1. The van der Waals surface area contributed by atoms with Crippen LogP contribution in [0.4, 0.5) is 0 Å². The maximum atomic E-state index is 12.9. The third-order valence-corrected chi connectivity index (χ3v) is 5.60. The Morgan fingerprint density at radius 3 is 2.62 bits per heavy atom. The van der Waals surface area contributed by atoms with Gasteiger partial charge < -0.3 is 9.32 Å². The highest BCUT2D eigenvalue weighted by atomic mass is 35.5. The Labute approximate surface area is 158 Å². The van der Waals surface area contributed by atoms with E-state index < -0.39 is 0 Å². The lowest BCUT2D eigenvalue weighted by Gasteiger charge is -2.31. The highest BCUT2D eigenvalue weighted by Gasteiger charge is 2.27. The van der Waals surface area contributed by atoms with Crippen LogP contribution in [0.1, 0.15) is 34.5 Å². The summed E-state index contributed by atoms with van der Waals surface area (Å²) >= 11 is 6.07. The third-order valence-electron chi connectivity index (χ3n) is 5.36. The molecule has 0 spiro atoms. The Morgan fingerprint density at radius 1 is 1.15 bits per heavy atom. The molecule has 4 rings (SSSR count). The number of nitrogens with zero attached hydrogens (tertiary/aromatic N) is 1. The summed E-state index contributed by atoms with van der Waals surface area (Å²) in [6, 6.07) is 16.1. The Kier molecular flexibility index (Phi) is 4.73. The molecule has 134 valence electrons. The van der Waals surface area contributed by atoms with E-state index in [1.807, 2.05) is 30.0 Å². The van der Waals surface area contributed by atoms with Crippen LogP contribution in [0.25, 0.3) is 11.0 Å². The van der Waals surface area contributed by atoms with E-state index in [4.69, 9.17) is 16.0 Å². The zero-order valence-electron chi connectivity index (χ0n) is 14.9. The van der Waals surface area contributed by atoms with Crippen molar-refractivity contribution in [3.8, 4) is 0 Å². The number of amides is 1. The lowest BCUT2D eigenvalue weighted by Crippen LogP contribution is -2.39. The van der Waals surface area contributed by atoms with Gasteiger partial charge in [-0.25, -0.2) is 0 Å². The van der Waals surface area contributed by atoms with Gasteiger partial charge in [0.05, 0.1) is 0 Å². The van der Waals surface area contributed by atoms with Crippen molar-refractivity contribution in [2.75, 3.05) is 13.1 Å². The van der Waals surface area contributed by atoms with Gasteiger partial charge in [0, 0.05) is 29.1 Å². The summed E-state index contributed by atoms with van der Waals surface area (Å²) in [5.41, 5.74) is 2.97. The lowest BCUT2D eigenvalue weighted by molar-refractivity contribution is 0.0660. The SMILES string of the molecule is Cc1c(C(=O)N2CCC(Cc3ccccc3)CC2)oc2ccc(Cl)cc12. The number of piperidine rings is 1. The van der Waals surface area contributed by atoms with Crippen LogP contribution in [0.2, 0.25) is 5.02 Å². The zero-order chi connectivity index (χ0) is 18.1. The molecule has 2 heterocycles. The van der Waals surface area contributed by atoms with Crippen LogP contribution in [0.15, 0.2) is 52.9 Å². The van der Waals surface area contributed by atoms with Crippen molar-refractivity contribution in [1.29, 1.82) is 0 Å². The molecule has 0 unspecified atom stereocenters. The van der Waals surface area contributed by atoms with E-state index >= 15 is 0 Å². The number of benzene rings is 2. The number of hydrogen-bond acceptors (Lipinski definition) is 2. The molecule has 1 amide bonds. The molecule has 0 atom stereocenters. The van der Waals surface area contributed by atoms with Crippen molar-refractivity contribution in [1.82, 2.24) is 4.90 Å². The van der Waals surface area contributed by atoms with E-state index in [2.05, 4.69) is 24.3 Å². The second-order valence-electron chi connectivity index (χ2n) is 7.12. The van der Waals surface area contributed by atoms with E-state index in [0.717, 1.165) is 43.3 Å². The number of carbonyl (C=O) groups excluding carboxylic acids is 1. The highest BCUT2D eigenvalue weighted by molar-refractivity contribution is 6.31. The van der Waals surface area contributed by atoms with Gasteiger partial charge in [0.15, 0.2) is 5.76 Å². The third kappa shape index (κ3) is 3.36. The summed E-state index contributed by atoms with van der Waals surface area (Å²) in [4.78, 5) is 14.9. The van der Waals surface area contributed by atoms with Gasteiger partial charge in [-0.1, -0.05) is 41.9 Å². The molecule has 0 bridgehead atoms. The standard InChI is InChI=1S/C22H22ClNO2/c1-15-19-14-18(23)7-8-20(19)26-21(15)22(25)24-11-9-17(10-12-24)13-16-5-3-2-4-6-16/h2-8,14,17H,9-13H2,1H3. The van der Waals surface area contributed by atoms with Crippen LogP contribution in [-0.4, -0.2) is 23.9 Å². The number of fused-ring (bicyclic) bond motifs is 1. The predicted molar refractivity (Wildman–Crippen MR) is 105 cm³/mol. The quantitative estimate of drug-likeness (QED) is 0.613. The summed E-state index contributed by atoms with van der Waals surface area (Å²) in [6.45, 7) is 3.50. The first-order valence-electron chi connectivity index (χ1n) is 9.13. The van der Waals surface area contributed by atoms with Gasteiger partial charge in [-0.2, -0.15) is 0 Å². The van der Waals surface area contributed by atoms with E-state index in [1.165, 1.54) is 5.56 Å². The minimum absolute atomic E-state index is 0.00650. The van der Waals surface area contributed by atoms with Gasteiger partial charge in [0.25, 0.3) is 5.91 Å². The molecule has 1 fully saturated rings. The van der Waals surface area contributed by atoms with Crippen molar-refractivity contribution in [2.45, 2.75) is 26.2 Å². The number of carbonyl (C=O) groups is 1. The molecule has 3 aromatic rings. The van der Waals surface area contributed by atoms with E-state index in [1.54, 1.807) is 6.07 Å². The van der Waals surface area contributed by atoms with Crippen LogP contribution in [0, 0.1) is 12.8 Å². The van der Waals surface area contributed by atoms with Gasteiger partial charge >= 0.3 is 0 Å². The van der Waals surface area contributed by atoms with Gasteiger partial charge in [0.2, 0.25) is 0 Å². The molecule has 2 aromatic carbocycles. The van der Waals surface area contributed by atoms with Crippen LogP contribution in [0.3, 0.4) is 0 Å². The monoisotopic (exact) mass is 367 g/mol.